The minimum absolute atomic E-state index is 0.121. The van der Waals surface area contributed by atoms with Gasteiger partial charge in [0, 0.05) is 5.41 Å². The van der Waals surface area contributed by atoms with Crippen molar-refractivity contribution in [1.29, 1.82) is 0 Å². The molecule has 0 heterocycles. The minimum atomic E-state index is -0.298. The van der Waals surface area contributed by atoms with E-state index < -0.39 is 0 Å². The zero-order valence-electron chi connectivity index (χ0n) is 7.84. The third-order valence-electron chi connectivity index (χ3n) is 3.58. The summed E-state index contributed by atoms with van der Waals surface area (Å²) in [6.45, 7) is 0. The molecule has 0 aliphatic heterocycles. The second kappa shape index (κ2) is 2.56. The van der Waals surface area contributed by atoms with Crippen LogP contribution in [0, 0.1) is 10.8 Å². The van der Waals surface area contributed by atoms with Crippen LogP contribution >= 0.6 is 0 Å². The maximum atomic E-state index is 11.4. The summed E-state index contributed by atoms with van der Waals surface area (Å²) in [6.07, 6.45) is 5.30. The number of aldehydes is 1. The standard InChI is InChI=1S/C10H14O3/c1-13-8(12)10-4-2-3-9(5-10,6-10)7-11/h7H,2-6H2,1H3. The summed E-state index contributed by atoms with van der Waals surface area (Å²) in [6, 6.07) is 0. The van der Waals surface area contributed by atoms with Crippen LogP contribution in [-0.4, -0.2) is 19.4 Å². The number of fused-ring (bicyclic) bond motifs is 2. The van der Waals surface area contributed by atoms with E-state index in [4.69, 9.17) is 4.74 Å². The van der Waals surface area contributed by atoms with Gasteiger partial charge in [-0.1, -0.05) is 6.42 Å². The van der Waals surface area contributed by atoms with Gasteiger partial charge in [0.15, 0.2) is 0 Å². The molecule has 3 aliphatic rings. The van der Waals surface area contributed by atoms with Crippen molar-refractivity contribution in [2.24, 2.45) is 10.8 Å². The Morgan fingerprint density at radius 2 is 2.08 bits per heavy atom. The molecule has 0 N–H and O–H groups in total. The molecule has 3 saturated carbocycles. The smallest absolute Gasteiger partial charge is 0.311 e. The Labute approximate surface area is 77.4 Å². The first-order valence-electron chi connectivity index (χ1n) is 4.71. The van der Waals surface area contributed by atoms with Crippen LogP contribution in [0.1, 0.15) is 32.1 Å². The number of hydrogen-bond donors (Lipinski definition) is 0. The molecular weight excluding hydrogens is 168 g/mol. The predicted molar refractivity (Wildman–Crippen MR) is 46.0 cm³/mol. The van der Waals surface area contributed by atoms with Crippen molar-refractivity contribution < 1.29 is 14.3 Å². The SMILES string of the molecule is COC(=O)C12CCCC(C=O)(C1)C2. The Morgan fingerprint density at radius 3 is 2.62 bits per heavy atom. The average Bonchev–Trinajstić information content (AvgIpc) is 2.15. The Morgan fingerprint density at radius 1 is 1.38 bits per heavy atom. The molecule has 0 amide bonds. The van der Waals surface area contributed by atoms with Gasteiger partial charge in [-0.3, -0.25) is 4.79 Å². The zero-order chi connectivity index (χ0) is 9.53. The van der Waals surface area contributed by atoms with Crippen molar-refractivity contribution in [3.8, 4) is 0 Å². The highest BCUT2D eigenvalue weighted by Gasteiger charge is 2.61. The fourth-order valence-corrected chi connectivity index (χ4v) is 3.03. The van der Waals surface area contributed by atoms with Crippen LogP contribution in [-0.2, 0) is 14.3 Å². The van der Waals surface area contributed by atoms with Crippen molar-refractivity contribution in [1.82, 2.24) is 0 Å². The Hall–Kier alpha value is -0.860. The summed E-state index contributed by atoms with van der Waals surface area (Å²) >= 11 is 0. The molecule has 3 aliphatic carbocycles. The van der Waals surface area contributed by atoms with Gasteiger partial charge < -0.3 is 9.53 Å². The molecule has 13 heavy (non-hydrogen) atoms. The molecule has 3 nitrogen and oxygen atoms in total. The van der Waals surface area contributed by atoms with E-state index in [9.17, 15) is 9.59 Å². The molecule has 0 atom stereocenters. The molecule has 3 heteroatoms. The Bertz CT molecular complexity index is 251. The van der Waals surface area contributed by atoms with Gasteiger partial charge in [-0.15, -0.1) is 0 Å². The van der Waals surface area contributed by atoms with Crippen molar-refractivity contribution in [3.63, 3.8) is 0 Å². The van der Waals surface area contributed by atoms with Gasteiger partial charge >= 0.3 is 5.97 Å². The monoisotopic (exact) mass is 182 g/mol. The summed E-state index contributed by atoms with van der Waals surface area (Å²) in [5.41, 5.74) is -0.472. The zero-order valence-corrected chi connectivity index (χ0v) is 7.84. The second-order valence-electron chi connectivity index (χ2n) is 4.46. The molecule has 0 aromatic rings. The number of methoxy groups -OCH3 is 1. The normalized spacial score (nSPS) is 41.9. The van der Waals surface area contributed by atoms with Crippen LogP contribution in [0.5, 0.6) is 0 Å². The van der Waals surface area contributed by atoms with Crippen LogP contribution in [0.15, 0.2) is 0 Å². The molecule has 0 aromatic heterocycles. The maximum Gasteiger partial charge on any atom is 0.311 e. The third-order valence-corrected chi connectivity index (χ3v) is 3.58. The van der Waals surface area contributed by atoms with Crippen molar-refractivity contribution in [2.75, 3.05) is 7.11 Å². The lowest BCUT2D eigenvalue weighted by atomic mass is 9.46. The molecule has 3 fully saturated rings. The first kappa shape index (κ1) is 8.73. The van der Waals surface area contributed by atoms with Crippen molar-refractivity contribution >= 4 is 12.3 Å². The van der Waals surface area contributed by atoms with E-state index in [-0.39, 0.29) is 16.8 Å². The largest absolute Gasteiger partial charge is 0.469 e. The fraction of sp³-hybridized carbons (Fsp3) is 0.800. The highest BCUT2D eigenvalue weighted by atomic mass is 16.5. The summed E-state index contributed by atoms with van der Waals surface area (Å²) < 4.78 is 4.77. The quantitative estimate of drug-likeness (QED) is 0.477. The first-order chi connectivity index (χ1) is 6.16. The topological polar surface area (TPSA) is 43.4 Å². The lowest BCUT2D eigenvalue weighted by molar-refractivity contribution is -0.179. The average molecular weight is 182 g/mol. The lowest BCUT2D eigenvalue weighted by Gasteiger charge is -2.56. The Balaban J connectivity index is 2.14. The molecule has 3 rings (SSSR count). The van der Waals surface area contributed by atoms with Crippen LogP contribution < -0.4 is 0 Å². The van der Waals surface area contributed by atoms with Crippen molar-refractivity contribution in [2.45, 2.75) is 32.1 Å². The van der Waals surface area contributed by atoms with Gasteiger partial charge in [-0.2, -0.15) is 0 Å². The van der Waals surface area contributed by atoms with Gasteiger partial charge in [0.05, 0.1) is 12.5 Å². The highest BCUT2D eigenvalue weighted by Crippen LogP contribution is 2.62. The van der Waals surface area contributed by atoms with E-state index in [0.717, 1.165) is 38.4 Å². The van der Waals surface area contributed by atoms with Gasteiger partial charge in [-0.25, -0.2) is 0 Å². The highest BCUT2D eigenvalue weighted by molar-refractivity contribution is 5.81. The molecular formula is C10H14O3. The molecule has 2 bridgehead atoms. The second-order valence-corrected chi connectivity index (χ2v) is 4.46. The fourth-order valence-electron chi connectivity index (χ4n) is 3.03. The van der Waals surface area contributed by atoms with Gasteiger partial charge in [0.25, 0.3) is 0 Å². The molecule has 0 radical (unpaired) electrons. The van der Waals surface area contributed by atoms with E-state index in [1.54, 1.807) is 0 Å². The third kappa shape index (κ3) is 1.02. The molecule has 0 spiro atoms. The summed E-state index contributed by atoms with van der Waals surface area (Å²) in [5.74, 6) is -0.121. The van der Waals surface area contributed by atoms with Crippen LogP contribution in [0.2, 0.25) is 0 Å². The maximum absolute atomic E-state index is 11.4. The van der Waals surface area contributed by atoms with E-state index in [2.05, 4.69) is 0 Å². The van der Waals surface area contributed by atoms with Crippen LogP contribution in [0.4, 0.5) is 0 Å². The number of rotatable bonds is 2. The number of hydrogen-bond acceptors (Lipinski definition) is 3. The number of ether oxygens (including phenoxy) is 1. The van der Waals surface area contributed by atoms with Gasteiger partial charge in [0.2, 0.25) is 0 Å². The van der Waals surface area contributed by atoms with E-state index in [1.165, 1.54) is 7.11 Å². The van der Waals surface area contributed by atoms with Crippen LogP contribution in [0.25, 0.3) is 0 Å². The number of carbonyl (C=O) groups excluding carboxylic acids is 2. The number of esters is 1. The number of carbonyl (C=O) groups is 2. The first-order valence-corrected chi connectivity index (χ1v) is 4.71. The van der Waals surface area contributed by atoms with Gasteiger partial charge in [0.1, 0.15) is 6.29 Å². The molecule has 72 valence electrons. The van der Waals surface area contributed by atoms with E-state index in [0.29, 0.717) is 0 Å². The molecule has 0 aromatic carbocycles. The summed E-state index contributed by atoms with van der Waals surface area (Å²) in [5, 5.41) is 0. The molecule has 0 unspecified atom stereocenters. The molecule has 0 saturated heterocycles. The summed E-state index contributed by atoms with van der Waals surface area (Å²) in [4.78, 5) is 22.3. The Kier molecular flexibility index (Phi) is 1.72. The van der Waals surface area contributed by atoms with Gasteiger partial charge in [-0.05, 0) is 25.7 Å². The minimum Gasteiger partial charge on any atom is -0.469 e. The summed E-state index contributed by atoms with van der Waals surface area (Å²) in [7, 11) is 1.42. The van der Waals surface area contributed by atoms with E-state index in [1.807, 2.05) is 0 Å². The van der Waals surface area contributed by atoms with E-state index >= 15 is 0 Å². The van der Waals surface area contributed by atoms with Crippen molar-refractivity contribution in [3.05, 3.63) is 0 Å². The van der Waals surface area contributed by atoms with Crippen LogP contribution in [0.3, 0.4) is 0 Å². The predicted octanol–water partition coefficient (Wildman–Crippen LogP) is 1.31. The lowest BCUT2D eigenvalue weighted by Crippen LogP contribution is -2.55.